The van der Waals surface area contributed by atoms with E-state index in [1.54, 1.807) is 31.3 Å². The summed E-state index contributed by atoms with van der Waals surface area (Å²) in [5.41, 5.74) is 1.27. The van der Waals surface area contributed by atoms with Gasteiger partial charge in [-0.05, 0) is 30.3 Å². The summed E-state index contributed by atoms with van der Waals surface area (Å²) < 4.78 is 0. The molecule has 2 N–H and O–H groups in total. The predicted octanol–water partition coefficient (Wildman–Crippen LogP) is 2.90. The highest BCUT2D eigenvalue weighted by Gasteiger charge is 2.10. The molecule has 20 heavy (non-hydrogen) atoms. The third kappa shape index (κ3) is 3.05. The van der Waals surface area contributed by atoms with Crippen molar-refractivity contribution in [3.8, 4) is 6.07 Å². The fourth-order valence-corrected chi connectivity index (χ4v) is 1.76. The minimum Gasteiger partial charge on any atom is -0.373 e. The summed E-state index contributed by atoms with van der Waals surface area (Å²) in [6.45, 7) is 0. The van der Waals surface area contributed by atoms with Gasteiger partial charge in [-0.3, -0.25) is 4.79 Å². The number of nitrogens with one attached hydrogen (secondary N) is 2. The monoisotopic (exact) mass is 286 g/mol. The number of anilines is 2. The normalized spacial score (nSPS) is 9.65. The minimum atomic E-state index is -0.319. The zero-order chi connectivity index (χ0) is 14.5. The van der Waals surface area contributed by atoms with E-state index >= 15 is 0 Å². The Morgan fingerprint density at radius 1 is 1.35 bits per heavy atom. The topological polar surface area (TPSA) is 77.8 Å². The second-order valence-corrected chi connectivity index (χ2v) is 4.35. The fraction of sp³-hybridized carbons (Fsp3) is 0.0714. The lowest BCUT2D eigenvalue weighted by molar-refractivity contribution is 0.102. The Balaban J connectivity index is 2.25. The number of benzene rings is 1. The Bertz CT molecular complexity index is 694. The second-order valence-electron chi connectivity index (χ2n) is 3.94. The third-order valence-corrected chi connectivity index (χ3v) is 2.95. The lowest BCUT2D eigenvalue weighted by Crippen LogP contribution is -2.13. The van der Waals surface area contributed by atoms with Gasteiger partial charge in [-0.15, -0.1) is 0 Å². The molecule has 0 aliphatic carbocycles. The summed E-state index contributed by atoms with van der Waals surface area (Å²) in [7, 11) is 1.72. The van der Waals surface area contributed by atoms with Crippen LogP contribution in [0.2, 0.25) is 5.02 Å². The van der Waals surface area contributed by atoms with E-state index in [0.29, 0.717) is 27.7 Å². The Morgan fingerprint density at radius 3 is 2.85 bits per heavy atom. The Hall–Kier alpha value is -2.58. The molecule has 0 atom stereocenters. The van der Waals surface area contributed by atoms with Gasteiger partial charge in [0.1, 0.15) is 5.82 Å². The number of carbonyl (C=O) groups excluding carboxylic acids is 1. The summed E-state index contributed by atoms with van der Waals surface area (Å²) >= 11 is 5.99. The Kier molecular flexibility index (Phi) is 4.18. The van der Waals surface area contributed by atoms with Crippen molar-refractivity contribution in [2.45, 2.75) is 0 Å². The van der Waals surface area contributed by atoms with Crippen molar-refractivity contribution in [3.05, 3.63) is 52.7 Å². The molecule has 5 nitrogen and oxygen atoms in total. The summed E-state index contributed by atoms with van der Waals surface area (Å²) in [6, 6.07) is 9.90. The molecule has 1 amide bonds. The molecular weight excluding hydrogens is 276 g/mol. The van der Waals surface area contributed by atoms with Crippen molar-refractivity contribution in [2.24, 2.45) is 0 Å². The number of carbonyl (C=O) groups is 1. The van der Waals surface area contributed by atoms with E-state index in [-0.39, 0.29) is 5.91 Å². The number of rotatable bonds is 3. The summed E-state index contributed by atoms with van der Waals surface area (Å²) in [5.74, 6) is 0.274. The molecule has 100 valence electrons. The van der Waals surface area contributed by atoms with Crippen molar-refractivity contribution < 1.29 is 4.79 Å². The smallest absolute Gasteiger partial charge is 0.255 e. The van der Waals surface area contributed by atoms with Crippen molar-refractivity contribution >= 4 is 29.0 Å². The molecule has 1 heterocycles. The molecule has 0 bridgehead atoms. The van der Waals surface area contributed by atoms with Crippen LogP contribution in [-0.4, -0.2) is 17.9 Å². The number of aromatic nitrogens is 1. The van der Waals surface area contributed by atoms with Crippen LogP contribution in [0.4, 0.5) is 11.5 Å². The van der Waals surface area contributed by atoms with Crippen molar-refractivity contribution in [2.75, 3.05) is 17.7 Å². The van der Waals surface area contributed by atoms with Gasteiger partial charge in [-0.25, -0.2) is 4.98 Å². The molecule has 0 unspecified atom stereocenters. The van der Waals surface area contributed by atoms with Gasteiger partial charge >= 0.3 is 0 Å². The molecule has 0 spiro atoms. The number of hydrogen-bond donors (Lipinski definition) is 2. The lowest BCUT2D eigenvalue weighted by Gasteiger charge is -2.08. The van der Waals surface area contributed by atoms with Gasteiger partial charge in [0.25, 0.3) is 5.91 Å². The Morgan fingerprint density at radius 2 is 2.15 bits per heavy atom. The van der Waals surface area contributed by atoms with E-state index in [9.17, 15) is 4.79 Å². The average molecular weight is 287 g/mol. The van der Waals surface area contributed by atoms with Crippen LogP contribution in [0, 0.1) is 11.3 Å². The van der Waals surface area contributed by atoms with E-state index in [1.165, 1.54) is 12.3 Å². The van der Waals surface area contributed by atoms with Gasteiger partial charge in [0.2, 0.25) is 0 Å². The van der Waals surface area contributed by atoms with Crippen molar-refractivity contribution in [1.82, 2.24) is 4.98 Å². The molecule has 0 saturated carbocycles. The number of nitriles is 1. The predicted molar refractivity (Wildman–Crippen MR) is 77.9 cm³/mol. The van der Waals surface area contributed by atoms with Gasteiger partial charge in [0, 0.05) is 18.8 Å². The number of amides is 1. The maximum absolute atomic E-state index is 12.1. The molecule has 0 fully saturated rings. The summed E-state index contributed by atoms with van der Waals surface area (Å²) in [4.78, 5) is 16.2. The summed E-state index contributed by atoms with van der Waals surface area (Å²) in [5, 5.41) is 14.8. The molecule has 2 aromatic rings. The quantitative estimate of drug-likeness (QED) is 0.909. The van der Waals surface area contributed by atoms with Crippen LogP contribution in [0.5, 0.6) is 0 Å². The first-order valence-corrected chi connectivity index (χ1v) is 6.16. The molecule has 0 aliphatic heterocycles. The molecule has 1 aromatic heterocycles. The highest BCUT2D eigenvalue weighted by Crippen LogP contribution is 2.23. The second kappa shape index (κ2) is 6.04. The largest absolute Gasteiger partial charge is 0.373 e. The number of nitrogens with zero attached hydrogens (tertiary/aromatic N) is 2. The van der Waals surface area contributed by atoms with Crippen LogP contribution in [0.3, 0.4) is 0 Å². The van der Waals surface area contributed by atoms with Gasteiger partial charge in [-0.1, -0.05) is 11.6 Å². The zero-order valence-electron chi connectivity index (χ0n) is 10.6. The van der Waals surface area contributed by atoms with Gasteiger partial charge < -0.3 is 10.6 Å². The van der Waals surface area contributed by atoms with Gasteiger partial charge in [-0.2, -0.15) is 5.26 Å². The fourth-order valence-electron chi connectivity index (χ4n) is 1.59. The number of halogens is 1. The highest BCUT2D eigenvalue weighted by atomic mass is 35.5. The van der Waals surface area contributed by atoms with Crippen LogP contribution in [0.15, 0.2) is 36.5 Å². The maximum atomic E-state index is 12.1. The van der Waals surface area contributed by atoms with E-state index in [2.05, 4.69) is 15.6 Å². The molecule has 0 radical (unpaired) electrons. The van der Waals surface area contributed by atoms with Crippen molar-refractivity contribution in [1.29, 1.82) is 5.26 Å². The molecule has 0 aliphatic rings. The highest BCUT2D eigenvalue weighted by molar-refractivity contribution is 6.34. The lowest BCUT2D eigenvalue weighted by atomic mass is 10.2. The van der Waals surface area contributed by atoms with Gasteiger partial charge in [0.15, 0.2) is 0 Å². The van der Waals surface area contributed by atoms with E-state index < -0.39 is 0 Å². The molecular formula is C14H11ClN4O. The van der Waals surface area contributed by atoms with Crippen LogP contribution in [0.1, 0.15) is 15.9 Å². The minimum absolute atomic E-state index is 0.319. The number of hydrogen-bond acceptors (Lipinski definition) is 4. The van der Waals surface area contributed by atoms with Crippen LogP contribution in [0.25, 0.3) is 0 Å². The van der Waals surface area contributed by atoms with Crippen LogP contribution >= 0.6 is 11.6 Å². The van der Waals surface area contributed by atoms with E-state index in [0.717, 1.165) is 0 Å². The first-order valence-electron chi connectivity index (χ1n) is 5.79. The molecule has 0 saturated heterocycles. The van der Waals surface area contributed by atoms with Gasteiger partial charge in [0.05, 0.1) is 22.3 Å². The first-order chi connectivity index (χ1) is 9.63. The third-order valence-electron chi connectivity index (χ3n) is 2.62. The standard InChI is InChI=1S/C14H11ClN4O/c1-17-13-7-10(4-5-18-13)14(20)19-12-6-9(8-16)2-3-11(12)15/h2-7H,1H3,(H,17,18)(H,19,20). The zero-order valence-corrected chi connectivity index (χ0v) is 11.4. The number of pyridine rings is 1. The molecule has 6 heteroatoms. The SMILES string of the molecule is CNc1cc(C(=O)Nc2cc(C#N)ccc2Cl)ccn1. The maximum Gasteiger partial charge on any atom is 0.255 e. The van der Waals surface area contributed by atoms with Crippen molar-refractivity contribution in [3.63, 3.8) is 0 Å². The Labute approximate surface area is 121 Å². The molecule has 2 rings (SSSR count). The van der Waals surface area contributed by atoms with E-state index in [4.69, 9.17) is 16.9 Å². The van der Waals surface area contributed by atoms with E-state index in [1.807, 2.05) is 6.07 Å². The van der Waals surface area contributed by atoms with Crippen LogP contribution < -0.4 is 10.6 Å². The molecule has 1 aromatic carbocycles. The first kappa shape index (κ1) is 13.8. The summed E-state index contributed by atoms with van der Waals surface area (Å²) in [6.07, 6.45) is 1.54. The average Bonchev–Trinajstić information content (AvgIpc) is 2.49. The van der Waals surface area contributed by atoms with Crippen LogP contribution in [-0.2, 0) is 0 Å².